The minimum atomic E-state index is 0.668. The van der Waals surface area contributed by atoms with Gasteiger partial charge in [0.2, 0.25) is 0 Å². The van der Waals surface area contributed by atoms with Gasteiger partial charge < -0.3 is 4.57 Å². The number of aryl methyl sites for hydroxylation is 1. The van der Waals surface area contributed by atoms with Gasteiger partial charge in [-0.2, -0.15) is 0 Å². The van der Waals surface area contributed by atoms with Crippen molar-refractivity contribution in [3.8, 4) is 0 Å². The predicted octanol–water partition coefficient (Wildman–Crippen LogP) is 1.85. The molecule has 0 unspecified atom stereocenters. The zero-order valence-electron chi connectivity index (χ0n) is 7.75. The number of rotatable bonds is 0. The van der Waals surface area contributed by atoms with Crippen LogP contribution >= 0.6 is 0 Å². The van der Waals surface area contributed by atoms with E-state index >= 15 is 0 Å². The van der Waals surface area contributed by atoms with Gasteiger partial charge in [-0.25, -0.2) is 0 Å². The fourth-order valence-corrected chi connectivity index (χ4v) is 1.49. The fraction of sp³-hybridized carbons (Fsp3) is 0.100. The van der Waals surface area contributed by atoms with Gasteiger partial charge in [0.05, 0.1) is 5.52 Å². The van der Waals surface area contributed by atoms with Crippen molar-refractivity contribution >= 4 is 10.9 Å². The van der Waals surface area contributed by atoms with Crippen LogP contribution in [0.2, 0.25) is 0 Å². The van der Waals surface area contributed by atoms with Crippen LogP contribution in [0.1, 0.15) is 0 Å². The summed E-state index contributed by atoms with van der Waals surface area (Å²) < 4.78 is 1.99. The largest absolute Gasteiger partial charge is 0.350 e. The Bertz CT molecular complexity index is 574. The van der Waals surface area contributed by atoms with Crippen LogP contribution in [0.3, 0.4) is 0 Å². The van der Waals surface area contributed by atoms with Gasteiger partial charge in [-0.15, -0.1) is 0 Å². The lowest BCUT2D eigenvalue weighted by Gasteiger charge is -2.02. The summed E-state index contributed by atoms with van der Waals surface area (Å²) in [6.45, 7) is 0. The number of hydrogen-bond donors (Lipinski definition) is 0. The zero-order valence-corrected chi connectivity index (χ0v) is 7.75. The van der Waals surface area contributed by atoms with Gasteiger partial charge in [-0.3, -0.25) is 0 Å². The third-order valence-electron chi connectivity index (χ3n) is 2.17. The van der Waals surface area contributed by atoms with Crippen molar-refractivity contribution in [2.75, 3.05) is 0 Å². The second-order valence-electron chi connectivity index (χ2n) is 3.02. The Balaban J connectivity index is 2.98. The molecule has 0 spiro atoms. The summed E-state index contributed by atoms with van der Waals surface area (Å²) in [6, 6.07) is 9.63. The molecule has 1 heterocycles. The summed E-state index contributed by atoms with van der Waals surface area (Å²) in [6.07, 6.45) is 1.88. The lowest BCUT2D eigenvalue weighted by Crippen LogP contribution is -2.05. The Morgan fingerprint density at radius 2 is 2.07 bits per heavy atom. The van der Waals surface area contributed by atoms with E-state index in [4.69, 9.17) is 5.39 Å². The second kappa shape index (κ2) is 3.30. The van der Waals surface area contributed by atoms with E-state index in [1.165, 1.54) is 0 Å². The molecule has 14 heavy (non-hydrogen) atoms. The third kappa shape index (κ3) is 1.25. The first-order chi connectivity index (χ1) is 6.83. The first kappa shape index (κ1) is 8.45. The molecule has 4 heteroatoms. The number of pyridine rings is 1. The summed E-state index contributed by atoms with van der Waals surface area (Å²) >= 11 is 0. The molecule has 0 aliphatic heterocycles. The molecule has 0 amide bonds. The highest BCUT2D eigenvalue weighted by Gasteiger charge is 1.99. The van der Waals surface area contributed by atoms with E-state index < -0.39 is 0 Å². The molecule has 1 aromatic heterocycles. The minimum Gasteiger partial charge on any atom is -0.350 e. The molecule has 0 atom stereocenters. The molecule has 68 valence electrons. The zero-order chi connectivity index (χ0) is 9.97. The number of benzene rings is 1. The summed E-state index contributed by atoms with van der Waals surface area (Å²) in [5.41, 5.74) is 1.05. The lowest BCUT2D eigenvalue weighted by molar-refractivity contribution is 0.948. The maximum Gasteiger partial charge on any atom is 0.339 e. The van der Waals surface area contributed by atoms with Gasteiger partial charge in [0, 0.05) is 18.6 Å². The average Bonchev–Trinajstić information content (AvgIpc) is 2.23. The Kier molecular flexibility index (Phi) is 1.99. The average molecular weight is 185 g/mol. The molecule has 0 aliphatic carbocycles. The quantitative estimate of drug-likeness (QED) is 0.456. The Hall–Kier alpha value is -2.15. The smallest absolute Gasteiger partial charge is 0.339 e. The highest BCUT2D eigenvalue weighted by atomic mass is 15.2. The standard InChI is InChI=1S/C10H9N4/c1-14-7-6-9(12-13-11)8-4-2-3-5-10(8)14/h2-7H,1H3/q+1. The van der Waals surface area contributed by atoms with Crippen LogP contribution in [-0.2, 0) is 7.05 Å². The fourth-order valence-electron chi connectivity index (χ4n) is 1.49. The van der Waals surface area contributed by atoms with Crippen molar-refractivity contribution in [3.63, 3.8) is 0 Å². The molecule has 1 aromatic carbocycles. The van der Waals surface area contributed by atoms with E-state index in [9.17, 15) is 0 Å². The summed E-state index contributed by atoms with van der Waals surface area (Å²) in [5, 5.41) is 16.5. The molecule has 0 bridgehead atoms. The molecule has 4 nitrogen and oxygen atoms in total. The molecule has 0 aliphatic rings. The van der Waals surface area contributed by atoms with E-state index in [2.05, 4.69) is 10.2 Å². The molecule has 0 radical (unpaired) electrons. The Morgan fingerprint density at radius 3 is 2.86 bits per heavy atom. The van der Waals surface area contributed by atoms with Gasteiger partial charge in [0.25, 0.3) is 5.39 Å². The van der Waals surface area contributed by atoms with E-state index in [-0.39, 0.29) is 0 Å². The molecule has 0 N–H and O–H groups in total. The molecule has 0 saturated carbocycles. The van der Waals surface area contributed by atoms with Crippen LogP contribution in [0.15, 0.2) is 41.6 Å². The van der Waals surface area contributed by atoms with Crippen molar-refractivity contribution in [1.29, 1.82) is 5.39 Å². The van der Waals surface area contributed by atoms with Gasteiger partial charge in [0.15, 0.2) is 10.5 Å². The van der Waals surface area contributed by atoms with E-state index in [1.54, 1.807) is 0 Å². The van der Waals surface area contributed by atoms with Crippen LogP contribution in [0.5, 0.6) is 0 Å². The number of fused-ring (bicyclic) bond motifs is 1. The molecule has 0 fully saturated rings. The number of aromatic nitrogens is 1. The van der Waals surface area contributed by atoms with Crippen molar-refractivity contribution < 1.29 is 0 Å². The van der Waals surface area contributed by atoms with Crippen molar-refractivity contribution in [2.45, 2.75) is 0 Å². The van der Waals surface area contributed by atoms with Gasteiger partial charge in [-0.05, 0) is 12.1 Å². The van der Waals surface area contributed by atoms with E-state index in [1.807, 2.05) is 48.1 Å². The maximum atomic E-state index is 8.40. The highest BCUT2D eigenvalue weighted by Crippen LogP contribution is 2.07. The van der Waals surface area contributed by atoms with Gasteiger partial charge in [-0.1, -0.05) is 18.2 Å². The number of nitrogens with zero attached hydrogens (tertiary/aromatic N) is 4. The van der Waals surface area contributed by atoms with Crippen molar-refractivity contribution in [3.05, 3.63) is 47.0 Å². The van der Waals surface area contributed by atoms with E-state index in [0.717, 1.165) is 10.9 Å². The second-order valence-corrected chi connectivity index (χ2v) is 3.02. The molecular weight excluding hydrogens is 176 g/mol. The van der Waals surface area contributed by atoms with Gasteiger partial charge >= 0.3 is 5.08 Å². The minimum absolute atomic E-state index is 0.668. The SMILES string of the molecule is Cn1ccc(=N[N+]#N)c2ccccc21. The first-order valence-electron chi connectivity index (χ1n) is 4.25. The van der Waals surface area contributed by atoms with Crippen LogP contribution in [0.25, 0.3) is 16.0 Å². The maximum absolute atomic E-state index is 8.40. The monoisotopic (exact) mass is 185 g/mol. The molecule has 0 saturated heterocycles. The number of hydrogen-bond acceptors (Lipinski definition) is 2. The normalized spacial score (nSPS) is 11.6. The van der Waals surface area contributed by atoms with Crippen LogP contribution in [0, 0.1) is 5.39 Å². The highest BCUT2D eigenvalue weighted by molar-refractivity contribution is 5.78. The molecule has 2 rings (SSSR count). The van der Waals surface area contributed by atoms with Crippen molar-refractivity contribution in [1.82, 2.24) is 4.57 Å². The molecule has 2 aromatic rings. The Morgan fingerprint density at radius 1 is 1.29 bits per heavy atom. The summed E-state index contributed by atoms with van der Waals surface area (Å²) in [7, 11) is 1.96. The third-order valence-corrected chi connectivity index (χ3v) is 2.17. The van der Waals surface area contributed by atoms with E-state index in [0.29, 0.717) is 5.36 Å². The van der Waals surface area contributed by atoms with Crippen molar-refractivity contribution in [2.24, 2.45) is 12.1 Å². The lowest BCUT2D eigenvalue weighted by atomic mass is 10.2. The number of para-hydroxylation sites is 1. The molecular formula is C10H9N4+. The predicted molar refractivity (Wildman–Crippen MR) is 53.6 cm³/mol. The van der Waals surface area contributed by atoms with Crippen LogP contribution in [-0.4, -0.2) is 4.57 Å². The van der Waals surface area contributed by atoms with Gasteiger partial charge in [0.1, 0.15) is 0 Å². The first-order valence-corrected chi connectivity index (χ1v) is 4.25. The topological polar surface area (TPSA) is 45.4 Å². The number of diazo groups is 1. The van der Waals surface area contributed by atoms with Crippen LogP contribution < -0.4 is 5.36 Å². The summed E-state index contributed by atoms with van der Waals surface area (Å²) in [4.78, 5) is 0. The van der Waals surface area contributed by atoms with Crippen LogP contribution in [0.4, 0.5) is 0 Å². The Labute approximate surface area is 80.7 Å². The summed E-state index contributed by atoms with van der Waals surface area (Å²) in [5.74, 6) is 0.